The lowest BCUT2D eigenvalue weighted by atomic mass is 9.90. The number of rotatable bonds is 7. The Kier molecular flexibility index (Phi) is 6.93. The van der Waals surface area contributed by atoms with Crippen molar-refractivity contribution in [2.45, 2.75) is 52.5 Å². The molecule has 33 heavy (non-hydrogen) atoms. The van der Waals surface area contributed by atoms with Crippen LogP contribution in [0.2, 0.25) is 0 Å². The number of nitrogens with one attached hydrogen (secondary N) is 1. The van der Waals surface area contributed by atoms with Crippen LogP contribution in [0.5, 0.6) is 0 Å². The van der Waals surface area contributed by atoms with Crippen LogP contribution in [0.25, 0.3) is 11.3 Å². The van der Waals surface area contributed by atoms with Crippen LogP contribution in [0.1, 0.15) is 73.5 Å². The van der Waals surface area contributed by atoms with E-state index in [-0.39, 0.29) is 6.04 Å². The third-order valence-electron chi connectivity index (χ3n) is 6.30. The minimum atomic E-state index is -0.0488. The molecule has 3 aromatic carbocycles. The highest BCUT2D eigenvalue weighted by Crippen LogP contribution is 2.37. The molecule has 2 nitrogen and oxygen atoms in total. The van der Waals surface area contributed by atoms with E-state index >= 15 is 0 Å². The van der Waals surface area contributed by atoms with Crippen molar-refractivity contribution in [3.8, 4) is 11.3 Å². The van der Waals surface area contributed by atoms with Crippen molar-refractivity contribution >= 4 is 5.69 Å². The number of anilines is 1. The summed E-state index contributed by atoms with van der Waals surface area (Å²) in [5.41, 5.74) is 9.60. The molecule has 0 saturated heterocycles. The van der Waals surface area contributed by atoms with Crippen molar-refractivity contribution in [1.29, 1.82) is 0 Å². The summed E-state index contributed by atoms with van der Waals surface area (Å²) in [7, 11) is 0. The Balaban J connectivity index is 1.87. The molecule has 1 unspecified atom stereocenters. The summed E-state index contributed by atoms with van der Waals surface area (Å²) in [4.78, 5) is 5.14. The topological polar surface area (TPSA) is 24.9 Å². The van der Waals surface area contributed by atoms with Crippen molar-refractivity contribution in [1.82, 2.24) is 4.98 Å². The maximum atomic E-state index is 5.14. The lowest BCUT2D eigenvalue weighted by Gasteiger charge is -2.27. The van der Waals surface area contributed by atoms with Crippen LogP contribution in [0.4, 0.5) is 5.69 Å². The molecule has 0 aliphatic rings. The van der Waals surface area contributed by atoms with E-state index in [1.807, 2.05) is 6.07 Å². The normalized spacial score (nSPS) is 12.2. The molecule has 2 heteroatoms. The van der Waals surface area contributed by atoms with Gasteiger partial charge in [-0.25, -0.2) is 0 Å². The van der Waals surface area contributed by atoms with Crippen LogP contribution in [0.3, 0.4) is 0 Å². The molecule has 1 aromatic heterocycles. The van der Waals surface area contributed by atoms with Crippen molar-refractivity contribution in [2.75, 3.05) is 5.32 Å². The molecule has 0 bridgehead atoms. The molecule has 1 N–H and O–H groups in total. The van der Waals surface area contributed by atoms with E-state index in [1.54, 1.807) is 0 Å². The van der Waals surface area contributed by atoms with Gasteiger partial charge in [0.15, 0.2) is 0 Å². The zero-order chi connectivity index (χ0) is 23.4. The first-order chi connectivity index (χ1) is 16.0. The number of aromatic nitrogens is 1. The number of aryl methyl sites for hydroxylation is 1. The van der Waals surface area contributed by atoms with E-state index in [9.17, 15) is 0 Å². The zero-order valence-corrected chi connectivity index (χ0v) is 20.3. The van der Waals surface area contributed by atoms with Gasteiger partial charge in [0.25, 0.3) is 0 Å². The molecule has 0 amide bonds. The van der Waals surface area contributed by atoms with Gasteiger partial charge in [-0.2, -0.15) is 0 Å². The molecule has 4 aromatic rings. The average molecular weight is 435 g/mol. The van der Waals surface area contributed by atoms with E-state index in [1.165, 1.54) is 27.9 Å². The number of nitrogens with zero attached hydrogens (tertiary/aromatic N) is 1. The third kappa shape index (κ3) is 5.01. The SMILES string of the molecule is Cc1ccccc1C(Nc1c(C(C)C)cccc1C(C)C)c1cccc(-c2ccccc2)n1. The van der Waals surface area contributed by atoms with Gasteiger partial charge in [0.2, 0.25) is 0 Å². The highest BCUT2D eigenvalue weighted by Gasteiger charge is 2.22. The van der Waals surface area contributed by atoms with Crippen LogP contribution in [-0.2, 0) is 0 Å². The van der Waals surface area contributed by atoms with Gasteiger partial charge in [0.1, 0.15) is 0 Å². The largest absolute Gasteiger partial charge is 0.372 e. The smallest absolute Gasteiger partial charge is 0.0943 e. The van der Waals surface area contributed by atoms with Gasteiger partial charge in [-0.05, 0) is 53.1 Å². The molecule has 1 atom stereocenters. The lowest BCUT2D eigenvalue weighted by Crippen LogP contribution is -2.18. The maximum Gasteiger partial charge on any atom is 0.0943 e. The van der Waals surface area contributed by atoms with Gasteiger partial charge < -0.3 is 5.32 Å². The Morgan fingerprint density at radius 2 is 1.18 bits per heavy atom. The number of benzene rings is 3. The molecule has 0 aliphatic carbocycles. The summed E-state index contributed by atoms with van der Waals surface area (Å²) in [5.74, 6) is 0.847. The Bertz CT molecular complexity index is 1180. The standard InChI is InChI=1S/C31H34N2/c1-21(2)25-17-11-18-26(22(3)4)30(25)33-31(27-16-10-9-13-23(27)5)29-20-12-19-28(32-29)24-14-7-6-8-15-24/h6-22,31,33H,1-5H3. The zero-order valence-electron chi connectivity index (χ0n) is 20.3. The quantitative estimate of drug-likeness (QED) is 0.315. The number of para-hydroxylation sites is 1. The van der Waals surface area contributed by atoms with Crippen LogP contribution < -0.4 is 5.32 Å². The number of hydrogen-bond donors (Lipinski definition) is 1. The van der Waals surface area contributed by atoms with Crippen LogP contribution in [-0.4, -0.2) is 4.98 Å². The Hall–Kier alpha value is -3.39. The minimum Gasteiger partial charge on any atom is -0.372 e. The van der Waals surface area contributed by atoms with Crippen molar-refractivity contribution in [2.24, 2.45) is 0 Å². The fourth-order valence-corrected chi connectivity index (χ4v) is 4.47. The van der Waals surface area contributed by atoms with E-state index in [2.05, 4.69) is 125 Å². The minimum absolute atomic E-state index is 0.0488. The van der Waals surface area contributed by atoms with E-state index in [0.29, 0.717) is 11.8 Å². The first-order valence-corrected chi connectivity index (χ1v) is 11.9. The summed E-state index contributed by atoms with van der Waals surface area (Å²) >= 11 is 0. The highest BCUT2D eigenvalue weighted by molar-refractivity contribution is 5.63. The Labute approximate surface area is 198 Å². The van der Waals surface area contributed by atoms with Crippen molar-refractivity contribution in [3.05, 3.63) is 119 Å². The van der Waals surface area contributed by atoms with Crippen LogP contribution in [0, 0.1) is 6.92 Å². The Morgan fingerprint density at radius 1 is 0.606 bits per heavy atom. The van der Waals surface area contributed by atoms with Crippen molar-refractivity contribution in [3.63, 3.8) is 0 Å². The molecule has 0 saturated carbocycles. The summed E-state index contributed by atoms with van der Waals surface area (Å²) < 4.78 is 0. The number of pyridine rings is 1. The highest BCUT2D eigenvalue weighted by atomic mass is 15.0. The van der Waals surface area contributed by atoms with Gasteiger partial charge in [-0.3, -0.25) is 4.98 Å². The molecular weight excluding hydrogens is 400 g/mol. The predicted molar refractivity (Wildman–Crippen MR) is 141 cm³/mol. The number of hydrogen-bond acceptors (Lipinski definition) is 2. The molecular formula is C31H34N2. The van der Waals surface area contributed by atoms with Gasteiger partial charge >= 0.3 is 0 Å². The summed E-state index contributed by atoms with van der Waals surface area (Å²) in [6.07, 6.45) is 0. The molecule has 0 fully saturated rings. The van der Waals surface area contributed by atoms with Gasteiger partial charge in [0.05, 0.1) is 17.4 Å². The van der Waals surface area contributed by atoms with E-state index in [4.69, 9.17) is 4.98 Å². The molecule has 0 spiro atoms. The van der Waals surface area contributed by atoms with Crippen LogP contribution in [0.15, 0.2) is 91.0 Å². The summed E-state index contributed by atoms with van der Waals surface area (Å²) in [6, 6.07) is 32.0. The molecule has 4 rings (SSSR count). The predicted octanol–water partition coefficient (Wildman–Crippen LogP) is 8.51. The fraction of sp³-hybridized carbons (Fsp3) is 0.258. The maximum absolute atomic E-state index is 5.14. The molecule has 168 valence electrons. The second-order valence-corrected chi connectivity index (χ2v) is 9.37. The molecule has 0 radical (unpaired) electrons. The van der Waals surface area contributed by atoms with E-state index < -0.39 is 0 Å². The summed E-state index contributed by atoms with van der Waals surface area (Å²) in [6.45, 7) is 11.2. The summed E-state index contributed by atoms with van der Waals surface area (Å²) in [5, 5.41) is 3.97. The van der Waals surface area contributed by atoms with Gasteiger partial charge in [-0.1, -0.05) is 107 Å². The second-order valence-electron chi connectivity index (χ2n) is 9.37. The Morgan fingerprint density at radius 3 is 1.82 bits per heavy atom. The molecule has 1 heterocycles. The average Bonchev–Trinajstić information content (AvgIpc) is 2.83. The van der Waals surface area contributed by atoms with E-state index in [0.717, 1.165) is 17.0 Å². The van der Waals surface area contributed by atoms with Crippen LogP contribution >= 0.6 is 0 Å². The monoisotopic (exact) mass is 434 g/mol. The molecule has 0 aliphatic heterocycles. The van der Waals surface area contributed by atoms with Gasteiger partial charge in [-0.15, -0.1) is 0 Å². The van der Waals surface area contributed by atoms with Crippen molar-refractivity contribution < 1.29 is 0 Å². The van der Waals surface area contributed by atoms with Gasteiger partial charge in [0, 0.05) is 11.3 Å². The first kappa shape index (κ1) is 22.8. The third-order valence-corrected chi connectivity index (χ3v) is 6.30. The lowest BCUT2D eigenvalue weighted by molar-refractivity contribution is 0.812. The fourth-order valence-electron chi connectivity index (χ4n) is 4.47. The second kappa shape index (κ2) is 10.0. The first-order valence-electron chi connectivity index (χ1n) is 11.9.